The molecule has 2 aliphatic rings. The Morgan fingerprint density at radius 3 is 2.68 bits per heavy atom. The van der Waals surface area contributed by atoms with Crippen molar-refractivity contribution in [2.75, 3.05) is 10.7 Å². The van der Waals surface area contributed by atoms with Gasteiger partial charge < -0.3 is 4.90 Å². The second-order valence-corrected chi connectivity index (χ2v) is 8.52. The molecule has 0 spiro atoms. The normalized spacial score (nSPS) is 20.9. The largest absolute Gasteiger partial charge is 0.302 e. The van der Waals surface area contributed by atoms with Crippen LogP contribution >= 0.6 is 35.1 Å². The number of hydrogen-bond donors (Lipinski definition) is 0. The van der Waals surface area contributed by atoms with E-state index in [4.69, 9.17) is 11.6 Å². The molecule has 1 aliphatic heterocycles. The lowest BCUT2D eigenvalue weighted by Gasteiger charge is -2.40. The third-order valence-corrected chi connectivity index (χ3v) is 6.74. The summed E-state index contributed by atoms with van der Waals surface area (Å²) in [6.07, 6.45) is 8.39. The van der Waals surface area contributed by atoms with E-state index >= 15 is 0 Å². The maximum absolute atomic E-state index is 13.1. The molecule has 0 aromatic heterocycles. The molecule has 2 atom stereocenters. The Morgan fingerprint density at radius 2 is 1.84 bits per heavy atom. The summed E-state index contributed by atoms with van der Waals surface area (Å²) >= 11 is 9.30. The van der Waals surface area contributed by atoms with Gasteiger partial charge in [-0.25, -0.2) is 0 Å². The van der Waals surface area contributed by atoms with E-state index in [1.807, 2.05) is 65.2 Å². The lowest BCUT2D eigenvalue weighted by molar-refractivity contribution is -0.116. The van der Waals surface area contributed by atoms with Crippen LogP contribution in [0.1, 0.15) is 0 Å². The molecule has 5 heteroatoms. The molecule has 0 fully saturated rings. The number of carbonyl (C=O) groups is 1. The number of amides is 1. The van der Waals surface area contributed by atoms with E-state index in [9.17, 15) is 4.79 Å². The topological polar surface area (TPSA) is 20.3 Å². The zero-order chi connectivity index (χ0) is 17.2. The number of nitrogens with zero attached hydrogens (tertiary/aromatic N) is 1. The average molecular weight is 386 g/mol. The van der Waals surface area contributed by atoms with Gasteiger partial charge in [0.05, 0.1) is 22.7 Å². The van der Waals surface area contributed by atoms with Crippen molar-refractivity contribution in [3.63, 3.8) is 0 Å². The highest BCUT2D eigenvalue weighted by Gasteiger charge is 2.36. The van der Waals surface area contributed by atoms with Gasteiger partial charge >= 0.3 is 0 Å². The fraction of sp³-hybridized carbons (Fsp3) is 0.150. The van der Waals surface area contributed by atoms with Gasteiger partial charge in [0.1, 0.15) is 0 Å². The summed E-state index contributed by atoms with van der Waals surface area (Å²) < 4.78 is 0. The molecule has 25 heavy (non-hydrogen) atoms. The lowest BCUT2D eigenvalue weighted by atomic mass is 10.0. The number of fused-ring (bicyclic) bond motifs is 2. The van der Waals surface area contributed by atoms with E-state index in [-0.39, 0.29) is 17.2 Å². The van der Waals surface area contributed by atoms with Crippen LogP contribution in [-0.4, -0.2) is 23.0 Å². The minimum atomic E-state index is 0.0724. The van der Waals surface area contributed by atoms with Gasteiger partial charge in [-0.15, -0.1) is 23.5 Å². The van der Waals surface area contributed by atoms with Crippen LogP contribution in [0, 0.1) is 0 Å². The van der Waals surface area contributed by atoms with Gasteiger partial charge in [-0.05, 0) is 36.4 Å². The molecule has 2 aromatic rings. The smallest absolute Gasteiger partial charge is 0.237 e. The van der Waals surface area contributed by atoms with Crippen LogP contribution in [0.2, 0.25) is 5.02 Å². The summed E-state index contributed by atoms with van der Waals surface area (Å²) in [6, 6.07) is 15.8. The van der Waals surface area contributed by atoms with Crippen LogP contribution in [0.3, 0.4) is 0 Å². The predicted molar refractivity (Wildman–Crippen MR) is 108 cm³/mol. The number of allylic oxidation sites excluding steroid dienone is 2. The van der Waals surface area contributed by atoms with Gasteiger partial charge in [-0.3, -0.25) is 4.79 Å². The van der Waals surface area contributed by atoms with E-state index in [1.54, 1.807) is 11.8 Å². The molecule has 0 unspecified atom stereocenters. The van der Waals surface area contributed by atoms with Crippen LogP contribution < -0.4 is 4.90 Å². The molecule has 1 amide bonds. The van der Waals surface area contributed by atoms with Crippen molar-refractivity contribution >= 4 is 46.7 Å². The number of rotatable bonds is 3. The predicted octanol–water partition coefficient (Wildman–Crippen LogP) is 5.43. The van der Waals surface area contributed by atoms with E-state index in [1.165, 1.54) is 0 Å². The second kappa shape index (κ2) is 7.32. The molecule has 1 heterocycles. The van der Waals surface area contributed by atoms with E-state index < -0.39 is 0 Å². The van der Waals surface area contributed by atoms with Crippen molar-refractivity contribution in [2.24, 2.45) is 0 Å². The van der Waals surface area contributed by atoms with E-state index in [0.29, 0.717) is 10.8 Å². The molecule has 2 nitrogen and oxygen atoms in total. The first-order chi connectivity index (χ1) is 12.2. The monoisotopic (exact) mass is 385 g/mol. The molecule has 126 valence electrons. The summed E-state index contributed by atoms with van der Waals surface area (Å²) in [5.74, 6) is 0.532. The standard InChI is InChI=1S/C20H16ClNOS2/c21-14-9-11-15(12-10-14)24-13-20(23)22-16-5-1-3-7-18(16)25-19-8-4-2-6-17(19)22/h1-12,16,18H,13H2/t16-,18+/m0/s1. The van der Waals surface area contributed by atoms with Gasteiger partial charge in [-0.1, -0.05) is 48.0 Å². The number of benzene rings is 2. The van der Waals surface area contributed by atoms with E-state index in [2.05, 4.69) is 24.3 Å². The average Bonchev–Trinajstić information content (AvgIpc) is 2.65. The third-order valence-electron chi connectivity index (χ3n) is 4.19. The van der Waals surface area contributed by atoms with Crippen LogP contribution in [-0.2, 0) is 4.79 Å². The van der Waals surface area contributed by atoms with Crippen LogP contribution in [0.15, 0.2) is 82.6 Å². The first kappa shape index (κ1) is 16.8. The molecular formula is C20H16ClNOS2. The van der Waals surface area contributed by atoms with Gasteiger partial charge in [0, 0.05) is 14.8 Å². The molecule has 0 saturated heterocycles. The summed E-state index contributed by atoms with van der Waals surface area (Å²) in [5.41, 5.74) is 1.01. The highest BCUT2D eigenvalue weighted by atomic mass is 35.5. The molecule has 0 saturated carbocycles. The lowest BCUT2D eigenvalue weighted by Crippen LogP contribution is -2.48. The summed E-state index contributed by atoms with van der Waals surface area (Å²) in [5, 5.41) is 0.976. The maximum atomic E-state index is 13.1. The third kappa shape index (κ3) is 3.52. The zero-order valence-electron chi connectivity index (χ0n) is 13.3. The zero-order valence-corrected chi connectivity index (χ0v) is 15.7. The Kier molecular flexibility index (Phi) is 4.93. The van der Waals surface area contributed by atoms with Crippen LogP contribution in [0.4, 0.5) is 5.69 Å². The van der Waals surface area contributed by atoms with Crippen molar-refractivity contribution < 1.29 is 4.79 Å². The van der Waals surface area contributed by atoms with Gasteiger partial charge in [0.2, 0.25) is 5.91 Å². The summed E-state index contributed by atoms with van der Waals surface area (Å²) in [6.45, 7) is 0. The Morgan fingerprint density at radius 1 is 1.08 bits per heavy atom. The number of carbonyl (C=O) groups excluding carboxylic acids is 1. The maximum Gasteiger partial charge on any atom is 0.237 e. The second-order valence-electron chi connectivity index (χ2n) is 5.82. The summed E-state index contributed by atoms with van der Waals surface area (Å²) in [4.78, 5) is 17.2. The number of halogens is 1. The quantitative estimate of drug-likeness (QED) is 0.656. The van der Waals surface area contributed by atoms with Crippen LogP contribution in [0.5, 0.6) is 0 Å². The van der Waals surface area contributed by atoms with Crippen LogP contribution in [0.25, 0.3) is 0 Å². The minimum Gasteiger partial charge on any atom is -0.302 e. The first-order valence-corrected chi connectivity index (χ1v) is 10.3. The fourth-order valence-electron chi connectivity index (χ4n) is 3.03. The highest BCUT2D eigenvalue weighted by Crippen LogP contribution is 2.43. The Labute approximate surface area is 160 Å². The fourth-order valence-corrected chi connectivity index (χ4v) is 5.17. The molecular weight excluding hydrogens is 370 g/mol. The van der Waals surface area contributed by atoms with Gasteiger partial charge in [0.25, 0.3) is 0 Å². The first-order valence-electron chi connectivity index (χ1n) is 8.03. The van der Waals surface area contributed by atoms with Crippen molar-refractivity contribution in [3.05, 3.63) is 77.9 Å². The summed E-state index contributed by atoms with van der Waals surface area (Å²) in [7, 11) is 0. The molecule has 2 aromatic carbocycles. The van der Waals surface area contributed by atoms with Crippen molar-refractivity contribution in [3.8, 4) is 0 Å². The van der Waals surface area contributed by atoms with E-state index in [0.717, 1.165) is 15.5 Å². The van der Waals surface area contributed by atoms with Gasteiger partial charge in [0.15, 0.2) is 0 Å². The minimum absolute atomic E-state index is 0.0724. The Bertz CT molecular complexity index is 847. The Hall–Kier alpha value is -1.62. The number of thioether (sulfide) groups is 2. The highest BCUT2D eigenvalue weighted by molar-refractivity contribution is 8.00. The molecule has 0 radical (unpaired) electrons. The molecule has 4 rings (SSSR count). The number of para-hydroxylation sites is 1. The molecule has 0 bridgehead atoms. The van der Waals surface area contributed by atoms with Crippen molar-refractivity contribution in [1.29, 1.82) is 0 Å². The molecule has 1 aliphatic carbocycles. The number of anilines is 1. The molecule has 0 N–H and O–H groups in total. The van der Waals surface area contributed by atoms with Gasteiger partial charge in [-0.2, -0.15) is 0 Å². The van der Waals surface area contributed by atoms with Crippen molar-refractivity contribution in [1.82, 2.24) is 0 Å². The SMILES string of the molecule is O=C(CSc1ccc(Cl)cc1)N1c2ccccc2S[C@@H]2C=CC=C[C@@H]21. The number of hydrogen-bond acceptors (Lipinski definition) is 3. The Balaban J connectivity index is 1.58. The van der Waals surface area contributed by atoms with Crippen molar-refractivity contribution in [2.45, 2.75) is 21.1 Å².